The first-order valence-corrected chi connectivity index (χ1v) is 30.2. The monoisotopic (exact) mass is 1440 g/mol. The summed E-state index contributed by atoms with van der Waals surface area (Å²) in [5.41, 5.74) is -1.43. The SMILES string of the molecule is C=CC(=O)OCC(COCC(COC(=O)C=C)(COC(=O)C=C)COC(=O)CCC(=O)CCCC)(COC(=O)C=C)COC(=O)C=C.C=CC(=O)OCC(COCC(COC(=O)C=C)(COC(=O)C=C)COC(=O)CCC(=O)O)(COC(=O)C=C)COC(=O)C=C.CCO.NCCO.[2H]CC.[3H]C. The Kier molecular flexibility index (Phi) is 61.1. The molecule has 0 radical (unpaired) electrons. The van der Waals surface area contributed by atoms with Crippen LogP contribution in [0, 0.1) is 21.7 Å². The number of unbranched alkanes of at least 4 members (excludes halogenated alkanes) is 1. The third-order valence-electron chi connectivity index (χ3n) is 11.7. The summed E-state index contributed by atoms with van der Waals surface area (Å²) in [7, 11) is 1.25. The molecule has 0 atom stereocenters. The number of carbonyl (C=O) groups is 14. The summed E-state index contributed by atoms with van der Waals surface area (Å²) in [6, 6.07) is 0. The maximum Gasteiger partial charge on any atom is 0.330 e. The van der Waals surface area contributed by atoms with E-state index in [-0.39, 0.29) is 31.8 Å². The first-order chi connectivity index (χ1) is 48.9. The number of nitrogens with two attached hydrogens (primary N) is 1. The topological polar surface area (TPSA) is 455 Å². The average molecular weight is 1450 g/mol. The van der Waals surface area contributed by atoms with Crippen LogP contribution in [-0.2, 0) is 133 Å². The van der Waals surface area contributed by atoms with Crippen molar-refractivity contribution in [3.05, 3.63) is 127 Å². The van der Waals surface area contributed by atoms with Gasteiger partial charge in [0, 0.05) is 89.5 Å². The number of carboxylic acid groups (broad SMARTS) is 1. The molecule has 32 nitrogen and oxygen atoms in total. The van der Waals surface area contributed by atoms with Crippen molar-refractivity contribution in [1.29, 1.82) is 0 Å². The van der Waals surface area contributed by atoms with E-state index in [1.807, 2.05) is 6.92 Å². The molecule has 0 saturated carbocycles. The van der Waals surface area contributed by atoms with E-state index >= 15 is 0 Å². The molecule has 0 aromatic rings. The summed E-state index contributed by atoms with van der Waals surface area (Å²) in [4.78, 5) is 167. The van der Waals surface area contributed by atoms with Crippen LogP contribution in [0.25, 0.3) is 0 Å². The normalized spacial score (nSPS) is 10.4. The lowest BCUT2D eigenvalue weighted by atomic mass is 9.90. The van der Waals surface area contributed by atoms with Crippen molar-refractivity contribution in [2.75, 3.05) is 125 Å². The van der Waals surface area contributed by atoms with Crippen LogP contribution in [0.5, 0.6) is 0 Å². The molecule has 0 aromatic carbocycles. The van der Waals surface area contributed by atoms with E-state index in [1.165, 1.54) is 7.40 Å². The van der Waals surface area contributed by atoms with E-state index < -0.39 is 218 Å². The van der Waals surface area contributed by atoms with Gasteiger partial charge in [-0.1, -0.05) is 100 Å². The second-order valence-electron chi connectivity index (χ2n) is 20.3. The highest BCUT2D eigenvalue weighted by Gasteiger charge is 2.43. The van der Waals surface area contributed by atoms with Crippen LogP contribution in [0.3, 0.4) is 0 Å². The van der Waals surface area contributed by atoms with E-state index in [4.69, 9.17) is 90.1 Å². The van der Waals surface area contributed by atoms with Crippen molar-refractivity contribution in [2.24, 2.45) is 27.4 Å². The Bertz CT molecular complexity index is 2540. The zero-order valence-electron chi connectivity index (χ0n) is 60.3. The van der Waals surface area contributed by atoms with Crippen molar-refractivity contribution in [1.82, 2.24) is 0 Å². The number of carboxylic acids is 1. The lowest BCUT2D eigenvalue weighted by Crippen LogP contribution is -2.47. The number of hydrogen-bond donors (Lipinski definition) is 4. The molecule has 0 aromatic heterocycles. The van der Waals surface area contributed by atoms with Gasteiger partial charge in [0.05, 0.1) is 74.0 Å². The van der Waals surface area contributed by atoms with Crippen molar-refractivity contribution >= 4 is 83.4 Å². The Morgan fingerprint density at radius 1 is 0.376 bits per heavy atom. The van der Waals surface area contributed by atoms with Gasteiger partial charge in [-0.25, -0.2) is 47.9 Å². The molecule has 0 spiro atoms. The van der Waals surface area contributed by atoms with Crippen molar-refractivity contribution in [2.45, 2.75) is 80.0 Å². The van der Waals surface area contributed by atoms with Crippen LogP contribution in [0.1, 0.15) is 82.8 Å². The number of rotatable bonds is 52. The molecule has 0 saturated heterocycles. The Balaban J connectivity index is -0.000000395. The largest absolute Gasteiger partial charge is 0.481 e. The highest BCUT2D eigenvalue weighted by Crippen LogP contribution is 2.29. The van der Waals surface area contributed by atoms with Crippen molar-refractivity contribution in [3.63, 3.8) is 0 Å². The molecular weight excluding hydrogens is 1340 g/mol. The number of esters is 12. The van der Waals surface area contributed by atoms with Crippen LogP contribution in [0.2, 0.25) is 0 Å². The standard InChI is InChI=1S/C33H44O14.C29H36O15.C2H7NO.C2H6O.C2H6.CH4/c1-7-13-14-25(34)15-16-31(40)47-24-33(22-45-29(38)11-5,23-46-30(39)12-6)18-41-17-32(19-42-26(35)8-2,20-43-27(36)9-3)21-44-28(37)10-4;1-6-22(32)39-15-28(16-40-23(33)7-2,17-41-24(34)8-3)13-38-14-29(18-42-25(35)9-4,19-43-26(36)10-5)20-44-27(37)12-11-21(30)31;3-1-2-4;1-2-3;1-2;/h8-12H,2-7,13-24H2,1H3;6-10H,1-5,11-20H2,(H,30,31);4H,1-3H2;3H,2H2,1H3;1-2H3;1H4/i;;;;1D;1T. The van der Waals surface area contributed by atoms with Gasteiger partial charge >= 0.3 is 77.6 Å². The lowest BCUT2D eigenvalue weighted by molar-refractivity contribution is -0.175. The van der Waals surface area contributed by atoms with Crippen LogP contribution < -0.4 is 5.73 Å². The Morgan fingerprint density at radius 2 is 0.554 bits per heavy atom. The molecule has 0 rings (SSSR count). The van der Waals surface area contributed by atoms with Crippen LogP contribution in [0.4, 0.5) is 0 Å². The predicted octanol–water partition coefficient (Wildman–Crippen LogP) is 4.33. The zero-order chi connectivity index (χ0) is 80.1. The second-order valence-corrected chi connectivity index (χ2v) is 20.3. The number of aliphatic carboxylic acids is 1. The van der Waals surface area contributed by atoms with Gasteiger partial charge in [0.15, 0.2) is 0 Å². The summed E-state index contributed by atoms with van der Waals surface area (Å²) < 4.78 is 86.0. The Labute approximate surface area is 592 Å². The molecule has 570 valence electrons. The van der Waals surface area contributed by atoms with Gasteiger partial charge in [0.2, 0.25) is 0 Å². The summed E-state index contributed by atoms with van der Waals surface area (Å²) >= 11 is 0. The number of carbonyl (C=O) groups excluding carboxylic acids is 13. The molecule has 0 amide bonds. The third kappa shape index (κ3) is 54.6. The van der Waals surface area contributed by atoms with E-state index in [0.29, 0.717) is 26.3 Å². The van der Waals surface area contributed by atoms with Gasteiger partial charge in [0.1, 0.15) is 85.1 Å². The molecule has 0 fully saturated rings. The van der Waals surface area contributed by atoms with E-state index in [2.05, 4.69) is 65.8 Å². The maximum absolute atomic E-state index is 12.6. The lowest BCUT2D eigenvalue weighted by Gasteiger charge is -2.35. The van der Waals surface area contributed by atoms with E-state index in [1.54, 1.807) is 13.8 Å². The minimum absolute atomic E-state index is 0.0436. The molecule has 0 heterocycles. The fraction of sp³-hybridized carbons (Fsp3) is 0.507. The molecule has 5 N–H and O–H groups in total. The number of hydrogen-bond acceptors (Lipinski definition) is 31. The number of aliphatic hydroxyl groups excluding tert-OH is 2. The van der Waals surface area contributed by atoms with Crippen molar-refractivity contribution < 1.29 is 152 Å². The molecule has 0 unspecified atom stereocenters. The number of aliphatic hydroxyl groups is 2. The molecule has 0 aliphatic heterocycles. The van der Waals surface area contributed by atoms with Gasteiger partial charge in [-0.2, -0.15) is 0 Å². The van der Waals surface area contributed by atoms with Gasteiger partial charge < -0.3 is 87.4 Å². The number of ether oxygens (including phenoxy) is 14. The second kappa shape index (κ2) is 63.4. The van der Waals surface area contributed by atoms with Gasteiger partial charge in [0.25, 0.3) is 0 Å². The van der Waals surface area contributed by atoms with E-state index in [0.717, 1.165) is 67.2 Å². The molecule has 0 bridgehead atoms. The van der Waals surface area contributed by atoms with Crippen LogP contribution in [-0.4, -0.2) is 224 Å². The zero-order valence-corrected chi connectivity index (χ0v) is 58.3. The predicted molar refractivity (Wildman–Crippen MR) is 362 cm³/mol. The van der Waals surface area contributed by atoms with E-state index in [9.17, 15) is 67.1 Å². The molecule has 101 heavy (non-hydrogen) atoms. The molecule has 0 aliphatic rings. The Morgan fingerprint density at radius 3 is 0.713 bits per heavy atom. The summed E-state index contributed by atoms with van der Waals surface area (Å²) in [6.45, 7) is 31.5. The molecular formula is C69H103NO31. The minimum atomic E-state index is -1.60. The quantitative estimate of drug-likeness (QED) is 0.0374. The third-order valence-corrected chi connectivity index (χ3v) is 11.7. The van der Waals surface area contributed by atoms with Gasteiger partial charge in [-0.3, -0.25) is 19.2 Å². The van der Waals surface area contributed by atoms with Gasteiger partial charge in [-0.15, -0.1) is 0 Å². The highest BCUT2D eigenvalue weighted by molar-refractivity contribution is 5.85. The van der Waals surface area contributed by atoms with Crippen LogP contribution in [0.15, 0.2) is 127 Å². The van der Waals surface area contributed by atoms with Gasteiger partial charge in [-0.05, 0) is 13.3 Å². The number of ketones is 1. The maximum atomic E-state index is 12.6. The Hall–Kier alpha value is -10.0. The minimum Gasteiger partial charge on any atom is -0.481 e. The smallest absolute Gasteiger partial charge is 0.330 e. The fourth-order valence-electron chi connectivity index (χ4n) is 6.36. The summed E-state index contributed by atoms with van der Waals surface area (Å²) in [5.74, 6) is -11.7. The highest BCUT2D eigenvalue weighted by atomic mass is 16.6. The first-order valence-electron chi connectivity index (χ1n) is 31.9. The molecule has 0 aliphatic carbocycles. The summed E-state index contributed by atoms with van der Waals surface area (Å²) in [6.07, 6.45) is 9.25. The first kappa shape index (κ1) is 97.4. The average Bonchev–Trinajstić information content (AvgIpc) is 0.848. The number of Topliss-reactive ketones (excluding diaryl/α,β-unsaturated/α-hetero) is 1. The molecule has 32 heteroatoms. The summed E-state index contributed by atoms with van der Waals surface area (Å²) in [5, 5.41) is 24.2. The fourth-order valence-corrected chi connectivity index (χ4v) is 6.36. The van der Waals surface area contributed by atoms with Crippen molar-refractivity contribution in [3.8, 4) is 0 Å². The van der Waals surface area contributed by atoms with Crippen LogP contribution >= 0.6 is 0 Å².